The maximum absolute atomic E-state index is 9.12. The molecule has 2 N–H and O–H groups in total. The second kappa shape index (κ2) is 5.83. The summed E-state index contributed by atoms with van der Waals surface area (Å²) in [6.45, 7) is 11.1. The van der Waals surface area contributed by atoms with E-state index in [1.54, 1.807) is 0 Å². The van der Waals surface area contributed by atoms with E-state index in [0.29, 0.717) is 6.04 Å². The molecule has 0 radical (unpaired) electrons. The van der Waals surface area contributed by atoms with Gasteiger partial charge in [0.05, 0.1) is 0 Å². The lowest BCUT2D eigenvalue weighted by atomic mass is 9.95. The van der Waals surface area contributed by atoms with Gasteiger partial charge < -0.3 is 10.4 Å². The zero-order chi connectivity index (χ0) is 11.3. The molecule has 0 spiro atoms. The van der Waals surface area contributed by atoms with Crippen LogP contribution in [0.25, 0.3) is 0 Å². The molecule has 0 saturated carbocycles. The molecule has 1 heterocycles. The minimum absolute atomic E-state index is 0.00469. The Balaban J connectivity index is 2.13. The Bertz CT molecular complexity index is 176. The molecule has 3 nitrogen and oxygen atoms in total. The summed E-state index contributed by atoms with van der Waals surface area (Å²) in [5, 5.41) is 12.6. The van der Waals surface area contributed by atoms with E-state index in [1.165, 1.54) is 25.9 Å². The van der Waals surface area contributed by atoms with Crippen molar-refractivity contribution in [1.82, 2.24) is 10.2 Å². The number of aliphatic hydroxyl groups is 1. The summed E-state index contributed by atoms with van der Waals surface area (Å²) in [5.41, 5.74) is 0.00469. The van der Waals surface area contributed by atoms with Gasteiger partial charge in [-0.15, -0.1) is 0 Å². The number of aliphatic hydroxyl groups excluding tert-OH is 1. The number of hydrogen-bond donors (Lipinski definition) is 2. The minimum atomic E-state index is 0.00469. The van der Waals surface area contributed by atoms with Gasteiger partial charge in [-0.2, -0.15) is 0 Å². The van der Waals surface area contributed by atoms with Gasteiger partial charge >= 0.3 is 0 Å². The number of hydrogen-bond acceptors (Lipinski definition) is 3. The summed E-state index contributed by atoms with van der Waals surface area (Å²) in [6, 6.07) is 0.627. The Morgan fingerprint density at radius 3 is 2.47 bits per heavy atom. The van der Waals surface area contributed by atoms with Gasteiger partial charge in [0, 0.05) is 31.2 Å². The summed E-state index contributed by atoms with van der Waals surface area (Å²) in [7, 11) is 0. The summed E-state index contributed by atoms with van der Waals surface area (Å²) >= 11 is 0. The van der Waals surface area contributed by atoms with Crippen molar-refractivity contribution in [3.05, 3.63) is 0 Å². The van der Waals surface area contributed by atoms with Crippen LogP contribution in [0.1, 0.15) is 33.6 Å². The molecule has 90 valence electrons. The lowest BCUT2D eigenvalue weighted by Gasteiger charge is -2.27. The fourth-order valence-electron chi connectivity index (χ4n) is 1.99. The van der Waals surface area contributed by atoms with E-state index in [-0.39, 0.29) is 12.0 Å². The number of likely N-dealkylation sites (tertiary alicyclic amines) is 1. The quantitative estimate of drug-likeness (QED) is 0.694. The van der Waals surface area contributed by atoms with Crippen LogP contribution in [0.3, 0.4) is 0 Å². The van der Waals surface area contributed by atoms with E-state index >= 15 is 0 Å². The van der Waals surface area contributed by atoms with Crippen molar-refractivity contribution in [2.24, 2.45) is 5.41 Å². The minimum Gasteiger partial charge on any atom is -0.396 e. The maximum Gasteiger partial charge on any atom is 0.0494 e. The molecule has 3 heteroatoms. The van der Waals surface area contributed by atoms with Gasteiger partial charge in [0.25, 0.3) is 0 Å². The topological polar surface area (TPSA) is 35.5 Å². The molecule has 0 aromatic rings. The van der Waals surface area contributed by atoms with Crippen LogP contribution in [-0.4, -0.2) is 48.8 Å². The van der Waals surface area contributed by atoms with Gasteiger partial charge in [0.15, 0.2) is 0 Å². The molecule has 1 aliphatic heterocycles. The SMILES string of the molecule is CC(CNCC(C)(C)CO)N1CCCC1. The lowest BCUT2D eigenvalue weighted by molar-refractivity contribution is 0.152. The monoisotopic (exact) mass is 214 g/mol. The molecule has 1 fully saturated rings. The maximum atomic E-state index is 9.12. The van der Waals surface area contributed by atoms with Crippen LogP contribution < -0.4 is 5.32 Å². The summed E-state index contributed by atoms with van der Waals surface area (Å²) in [6.07, 6.45) is 2.71. The van der Waals surface area contributed by atoms with Crippen LogP contribution in [0, 0.1) is 5.41 Å². The molecular weight excluding hydrogens is 188 g/mol. The van der Waals surface area contributed by atoms with E-state index < -0.39 is 0 Å². The van der Waals surface area contributed by atoms with E-state index in [9.17, 15) is 0 Å². The number of nitrogens with zero attached hydrogens (tertiary/aromatic N) is 1. The van der Waals surface area contributed by atoms with Crippen molar-refractivity contribution in [2.75, 3.05) is 32.8 Å². The van der Waals surface area contributed by atoms with Crippen LogP contribution >= 0.6 is 0 Å². The average Bonchev–Trinajstić information content (AvgIpc) is 2.70. The largest absolute Gasteiger partial charge is 0.396 e. The Labute approximate surface area is 93.9 Å². The summed E-state index contributed by atoms with van der Waals surface area (Å²) < 4.78 is 0. The fourth-order valence-corrected chi connectivity index (χ4v) is 1.99. The van der Waals surface area contributed by atoms with Gasteiger partial charge in [-0.25, -0.2) is 0 Å². The van der Waals surface area contributed by atoms with Crippen molar-refractivity contribution in [3.63, 3.8) is 0 Å². The third kappa shape index (κ3) is 4.49. The summed E-state index contributed by atoms with van der Waals surface area (Å²) in [4.78, 5) is 2.54. The molecule has 15 heavy (non-hydrogen) atoms. The van der Waals surface area contributed by atoms with E-state index in [4.69, 9.17) is 5.11 Å². The number of rotatable bonds is 6. The Morgan fingerprint density at radius 1 is 1.33 bits per heavy atom. The molecule has 0 bridgehead atoms. The number of nitrogens with one attached hydrogen (secondary N) is 1. The van der Waals surface area contributed by atoms with E-state index in [2.05, 4.69) is 31.0 Å². The fraction of sp³-hybridized carbons (Fsp3) is 1.00. The van der Waals surface area contributed by atoms with Crippen molar-refractivity contribution in [3.8, 4) is 0 Å². The second-order valence-electron chi connectivity index (χ2n) is 5.55. The van der Waals surface area contributed by atoms with Crippen LogP contribution in [0.5, 0.6) is 0 Å². The Kier molecular flexibility index (Phi) is 5.03. The van der Waals surface area contributed by atoms with Crippen molar-refractivity contribution in [2.45, 2.75) is 39.7 Å². The smallest absolute Gasteiger partial charge is 0.0494 e. The first-order valence-electron chi connectivity index (χ1n) is 6.11. The van der Waals surface area contributed by atoms with Crippen molar-refractivity contribution in [1.29, 1.82) is 0 Å². The molecular formula is C12H26N2O. The first-order chi connectivity index (χ1) is 7.05. The highest BCUT2D eigenvalue weighted by molar-refractivity contribution is 4.76. The molecule has 0 aromatic heterocycles. The van der Waals surface area contributed by atoms with Crippen LogP contribution in [0.4, 0.5) is 0 Å². The third-order valence-corrected chi connectivity index (χ3v) is 3.24. The van der Waals surface area contributed by atoms with Gasteiger partial charge in [-0.05, 0) is 32.9 Å². The lowest BCUT2D eigenvalue weighted by Crippen LogP contribution is -2.42. The molecule has 0 aromatic carbocycles. The zero-order valence-electron chi connectivity index (χ0n) is 10.4. The predicted molar refractivity (Wildman–Crippen MR) is 64.0 cm³/mol. The van der Waals surface area contributed by atoms with E-state index in [0.717, 1.165) is 13.1 Å². The van der Waals surface area contributed by atoms with Crippen LogP contribution in [0.15, 0.2) is 0 Å². The van der Waals surface area contributed by atoms with Gasteiger partial charge in [-0.3, -0.25) is 4.90 Å². The normalized spacial score (nSPS) is 20.8. The first kappa shape index (κ1) is 12.9. The second-order valence-corrected chi connectivity index (χ2v) is 5.55. The third-order valence-electron chi connectivity index (χ3n) is 3.24. The molecule has 1 rings (SSSR count). The van der Waals surface area contributed by atoms with Crippen LogP contribution in [0.2, 0.25) is 0 Å². The van der Waals surface area contributed by atoms with Gasteiger partial charge in [-0.1, -0.05) is 13.8 Å². The van der Waals surface area contributed by atoms with Crippen molar-refractivity contribution >= 4 is 0 Å². The van der Waals surface area contributed by atoms with Gasteiger partial charge in [0.1, 0.15) is 0 Å². The highest BCUT2D eigenvalue weighted by Gasteiger charge is 2.19. The highest BCUT2D eigenvalue weighted by Crippen LogP contribution is 2.13. The molecule has 1 unspecified atom stereocenters. The Hall–Kier alpha value is -0.120. The molecule has 1 saturated heterocycles. The van der Waals surface area contributed by atoms with Gasteiger partial charge in [0.2, 0.25) is 0 Å². The zero-order valence-corrected chi connectivity index (χ0v) is 10.4. The standard InChI is InChI=1S/C12H26N2O/c1-11(14-6-4-5-7-14)8-13-9-12(2,3)10-15/h11,13,15H,4-10H2,1-3H3. The van der Waals surface area contributed by atoms with Crippen molar-refractivity contribution < 1.29 is 5.11 Å². The molecule has 0 aliphatic carbocycles. The highest BCUT2D eigenvalue weighted by atomic mass is 16.3. The first-order valence-corrected chi connectivity index (χ1v) is 6.11. The average molecular weight is 214 g/mol. The Morgan fingerprint density at radius 2 is 1.93 bits per heavy atom. The summed E-state index contributed by atoms with van der Waals surface area (Å²) in [5.74, 6) is 0. The predicted octanol–water partition coefficient (Wildman–Crippen LogP) is 1.08. The molecule has 1 atom stereocenters. The molecule has 1 aliphatic rings. The van der Waals surface area contributed by atoms with E-state index in [1.807, 2.05) is 0 Å². The van der Waals surface area contributed by atoms with Crippen LogP contribution in [-0.2, 0) is 0 Å². The molecule has 0 amide bonds.